The molecule has 2 fully saturated rings. The van der Waals surface area contributed by atoms with Crippen LogP contribution >= 0.6 is 0 Å². The summed E-state index contributed by atoms with van der Waals surface area (Å²) in [4.78, 5) is 23.7. The molecule has 1 aromatic carbocycles. The van der Waals surface area contributed by atoms with Crippen molar-refractivity contribution in [2.75, 3.05) is 63.3 Å². The summed E-state index contributed by atoms with van der Waals surface area (Å²) in [5.41, 5.74) is 2.85. The lowest BCUT2D eigenvalue weighted by molar-refractivity contribution is -0.191. The van der Waals surface area contributed by atoms with Crippen LogP contribution in [-0.2, 0) is 27.4 Å². The Labute approximate surface area is 239 Å². The Bertz CT molecular complexity index is 1560. The molecular formula is C27H30F3N9O3. The molecule has 2 aliphatic heterocycles. The van der Waals surface area contributed by atoms with Crippen LogP contribution in [0.15, 0.2) is 49.1 Å². The number of anilines is 3. The molecule has 4 aromatic rings. The molecule has 0 aliphatic carbocycles. The average Bonchev–Trinajstić information content (AvgIpc) is 3.57. The number of fused-ring (bicyclic) bond motifs is 1. The van der Waals surface area contributed by atoms with Crippen LogP contribution in [-0.4, -0.2) is 99.6 Å². The predicted octanol–water partition coefficient (Wildman–Crippen LogP) is 2.69. The number of nitrogens with zero attached hydrogens (tertiary/aromatic N) is 8. The Hall–Kier alpha value is -4.24. The number of aromatic nitrogens is 6. The second-order valence-electron chi connectivity index (χ2n) is 10.7. The number of carbonyl (C=O) groups excluding carboxylic acids is 1. The van der Waals surface area contributed by atoms with Crippen LogP contribution in [0.25, 0.3) is 11.0 Å². The van der Waals surface area contributed by atoms with E-state index in [0.717, 1.165) is 50.0 Å². The largest absolute Gasteiger partial charge is 0.471 e. The van der Waals surface area contributed by atoms with E-state index in [-0.39, 0.29) is 26.3 Å². The molecule has 42 heavy (non-hydrogen) atoms. The Morgan fingerprint density at radius 2 is 1.93 bits per heavy atom. The highest BCUT2D eigenvalue weighted by Gasteiger charge is 2.46. The van der Waals surface area contributed by atoms with Crippen molar-refractivity contribution >= 4 is 34.3 Å². The van der Waals surface area contributed by atoms with Gasteiger partial charge in [-0.25, -0.2) is 9.67 Å². The predicted molar refractivity (Wildman–Crippen MR) is 146 cm³/mol. The molecule has 0 radical (unpaired) electrons. The SMILES string of the molecule is CN(CC1(Cn2cc(Nc3ncc4cnn(Cc5cccc(N6CCOCC6)c5)c4n3)cn2)COC1)C(=O)C(F)(F)F. The van der Waals surface area contributed by atoms with Gasteiger partial charge in [0.15, 0.2) is 5.65 Å². The molecule has 3 aromatic heterocycles. The number of carbonyl (C=O) groups is 1. The summed E-state index contributed by atoms with van der Waals surface area (Å²) in [6.45, 7) is 4.31. The molecule has 0 saturated carbocycles. The van der Waals surface area contributed by atoms with Gasteiger partial charge in [-0.15, -0.1) is 0 Å². The van der Waals surface area contributed by atoms with E-state index in [0.29, 0.717) is 28.7 Å². The number of benzene rings is 1. The molecule has 222 valence electrons. The minimum absolute atomic E-state index is 0.104. The van der Waals surface area contributed by atoms with E-state index in [2.05, 4.69) is 48.6 Å². The van der Waals surface area contributed by atoms with Crippen molar-refractivity contribution in [3.05, 3.63) is 54.6 Å². The first kappa shape index (κ1) is 27.9. The molecule has 0 spiro atoms. The maximum atomic E-state index is 12.9. The molecule has 6 rings (SSSR count). The number of alkyl halides is 3. The lowest BCUT2D eigenvalue weighted by atomic mass is 9.85. The molecule has 1 amide bonds. The van der Waals surface area contributed by atoms with Gasteiger partial charge in [0.2, 0.25) is 5.95 Å². The van der Waals surface area contributed by atoms with E-state index in [1.807, 2.05) is 10.7 Å². The van der Waals surface area contributed by atoms with Gasteiger partial charge in [0.1, 0.15) is 0 Å². The maximum absolute atomic E-state index is 12.9. The van der Waals surface area contributed by atoms with Crippen LogP contribution in [0.2, 0.25) is 0 Å². The van der Waals surface area contributed by atoms with E-state index in [4.69, 9.17) is 9.47 Å². The van der Waals surface area contributed by atoms with Crippen LogP contribution in [0.3, 0.4) is 0 Å². The molecule has 0 bridgehead atoms. The van der Waals surface area contributed by atoms with Gasteiger partial charge in [-0.2, -0.15) is 28.4 Å². The van der Waals surface area contributed by atoms with Crippen molar-refractivity contribution in [2.24, 2.45) is 5.41 Å². The fraction of sp³-hybridized carbons (Fsp3) is 0.444. The Balaban J connectivity index is 1.13. The highest BCUT2D eigenvalue weighted by atomic mass is 19.4. The molecule has 2 aliphatic rings. The summed E-state index contributed by atoms with van der Waals surface area (Å²) in [6, 6.07) is 8.35. The summed E-state index contributed by atoms with van der Waals surface area (Å²) in [7, 11) is 1.14. The van der Waals surface area contributed by atoms with Crippen molar-refractivity contribution in [2.45, 2.75) is 19.3 Å². The van der Waals surface area contributed by atoms with Gasteiger partial charge < -0.3 is 24.6 Å². The van der Waals surface area contributed by atoms with Crippen LogP contribution in [0.5, 0.6) is 0 Å². The Morgan fingerprint density at radius 3 is 2.67 bits per heavy atom. The number of halogens is 3. The van der Waals surface area contributed by atoms with E-state index in [1.165, 1.54) is 0 Å². The average molecular weight is 586 g/mol. The second-order valence-corrected chi connectivity index (χ2v) is 10.7. The van der Waals surface area contributed by atoms with E-state index < -0.39 is 17.5 Å². The zero-order valence-corrected chi connectivity index (χ0v) is 22.9. The van der Waals surface area contributed by atoms with E-state index in [1.54, 1.807) is 29.5 Å². The molecule has 2 saturated heterocycles. The summed E-state index contributed by atoms with van der Waals surface area (Å²) in [5.74, 6) is -1.53. The lowest BCUT2D eigenvalue weighted by Crippen LogP contribution is -2.55. The molecule has 15 heteroatoms. The smallest absolute Gasteiger partial charge is 0.380 e. The quantitative estimate of drug-likeness (QED) is 0.317. The second kappa shape index (κ2) is 11.2. The van der Waals surface area contributed by atoms with Crippen molar-refractivity contribution in [3.8, 4) is 0 Å². The molecule has 1 N–H and O–H groups in total. The van der Waals surface area contributed by atoms with E-state index >= 15 is 0 Å². The minimum Gasteiger partial charge on any atom is -0.380 e. The highest BCUT2D eigenvalue weighted by Crippen LogP contribution is 2.32. The third-order valence-electron chi connectivity index (χ3n) is 7.36. The zero-order chi connectivity index (χ0) is 29.3. The van der Waals surface area contributed by atoms with Crippen LogP contribution in [0, 0.1) is 5.41 Å². The van der Waals surface area contributed by atoms with Crippen molar-refractivity contribution < 1.29 is 27.4 Å². The first-order chi connectivity index (χ1) is 20.2. The summed E-state index contributed by atoms with van der Waals surface area (Å²) in [6.07, 6.45) is 1.79. The van der Waals surface area contributed by atoms with Gasteiger partial charge in [0.05, 0.1) is 68.4 Å². The highest BCUT2D eigenvalue weighted by molar-refractivity contribution is 5.81. The van der Waals surface area contributed by atoms with Gasteiger partial charge >= 0.3 is 12.1 Å². The van der Waals surface area contributed by atoms with Gasteiger partial charge in [-0.05, 0) is 17.7 Å². The van der Waals surface area contributed by atoms with Crippen LogP contribution in [0.1, 0.15) is 5.56 Å². The topological polar surface area (TPSA) is 115 Å². The first-order valence-corrected chi connectivity index (χ1v) is 13.5. The van der Waals surface area contributed by atoms with Crippen LogP contribution in [0.4, 0.5) is 30.5 Å². The third kappa shape index (κ3) is 6.01. The third-order valence-corrected chi connectivity index (χ3v) is 7.36. The molecular weight excluding hydrogens is 555 g/mol. The number of amides is 1. The minimum atomic E-state index is -4.92. The fourth-order valence-electron chi connectivity index (χ4n) is 5.29. The molecule has 0 atom stereocenters. The normalized spacial score (nSPS) is 16.8. The Kier molecular flexibility index (Phi) is 7.45. The van der Waals surface area contributed by atoms with Crippen molar-refractivity contribution in [1.29, 1.82) is 0 Å². The standard InChI is InChI=1S/C27H30F3N9O3/c1-36(24(40)27(28,29)30)15-26(17-42-18-26)16-38-14-21(12-32-38)34-25-31-10-20-11-33-39(23(20)35-25)13-19-3-2-4-22(9-19)37-5-7-41-8-6-37/h2-4,9-12,14H,5-8,13,15-18H2,1H3,(H,31,34,35). The van der Waals surface area contributed by atoms with Crippen LogP contribution < -0.4 is 10.2 Å². The number of hydrogen-bond donors (Lipinski definition) is 1. The first-order valence-electron chi connectivity index (χ1n) is 13.5. The van der Waals surface area contributed by atoms with Gasteiger partial charge in [-0.1, -0.05) is 12.1 Å². The number of ether oxygens (including phenoxy) is 2. The fourth-order valence-corrected chi connectivity index (χ4v) is 5.29. The van der Waals surface area contributed by atoms with Crippen molar-refractivity contribution in [3.63, 3.8) is 0 Å². The van der Waals surface area contributed by atoms with Crippen molar-refractivity contribution in [1.82, 2.24) is 34.4 Å². The zero-order valence-electron chi connectivity index (χ0n) is 22.9. The number of nitrogens with one attached hydrogen (secondary N) is 1. The maximum Gasteiger partial charge on any atom is 0.471 e. The molecule has 0 unspecified atom stereocenters. The summed E-state index contributed by atoms with van der Waals surface area (Å²) in [5, 5.41) is 12.8. The number of hydrogen-bond acceptors (Lipinski definition) is 9. The van der Waals surface area contributed by atoms with Gasteiger partial charge in [-0.3, -0.25) is 9.48 Å². The lowest BCUT2D eigenvalue weighted by Gasteiger charge is -2.43. The van der Waals surface area contributed by atoms with E-state index in [9.17, 15) is 18.0 Å². The monoisotopic (exact) mass is 585 g/mol. The summed E-state index contributed by atoms with van der Waals surface area (Å²) < 4.78 is 52.8. The summed E-state index contributed by atoms with van der Waals surface area (Å²) >= 11 is 0. The number of rotatable bonds is 9. The van der Waals surface area contributed by atoms with Gasteiger partial charge in [0.25, 0.3) is 0 Å². The van der Waals surface area contributed by atoms with Gasteiger partial charge in [0, 0.05) is 44.8 Å². The number of morpholine rings is 1. The molecule has 12 nitrogen and oxygen atoms in total. The molecule has 5 heterocycles. The Morgan fingerprint density at radius 1 is 1.12 bits per heavy atom.